The summed E-state index contributed by atoms with van der Waals surface area (Å²) in [4.78, 5) is 15.8. The molecule has 1 saturated carbocycles. The second-order valence-electron chi connectivity index (χ2n) is 5.11. The van der Waals surface area contributed by atoms with Crippen LogP contribution in [0.15, 0.2) is 18.7 Å². The van der Waals surface area contributed by atoms with Crippen LogP contribution in [0, 0.1) is 0 Å². The molecule has 0 aromatic carbocycles. The molecule has 1 aliphatic rings. The van der Waals surface area contributed by atoms with Gasteiger partial charge in [-0.25, -0.2) is 9.78 Å². The van der Waals surface area contributed by atoms with Gasteiger partial charge < -0.3 is 15.2 Å². The van der Waals surface area contributed by atoms with Crippen LogP contribution in [0.3, 0.4) is 0 Å². The monoisotopic (exact) mass is 250 g/mol. The van der Waals surface area contributed by atoms with Gasteiger partial charge in [0.25, 0.3) is 0 Å². The summed E-state index contributed by atoms with van der Waals surface area (Å²) in [7, 11) is 0. The number of nitrogens with one attached hydrogen (secondary N) is 2. The van der Waals surface area contributed by atoms with Crippen molar-refractivity contribution in [3.8, 4) is 0 Å². The molecule has 5 nitrogen and oxygen atoms in total. The first-order valence-electron chi connectivity index (χ1n) is 6.77. The SMILES string of the molecule is CC(Cn1ccnc1)NC(=O)NC1CCCCC1. The lowest BCUT2D eigenvalue weighted by molar-refractivity contribution is 0.228. The summed E-state index contributed by atoms with van der Waals surface area (Å²) in [5.41, 5.74) is 0. The van der Waals surface area contributed by atoms with Crippen LogP contribution in [0.4, 0.5) is 4.79 Å². The maximum Gasteiger partial charge on any atom is 0.315 e. The Labute approximate surface area is 108 Å². The number of carbonyl (C=O) groups excluding carboxylic acids is 1. The molecular weight excluding hydrogens is 228 g/mol. The first kappa shape index (κ1) is 12.9. The molecule has 1 heterocycles. The molecule has 2 rings (SSSR count). The molecule has 0 radical (unpaired) electrons. The third-order valence-corrected chi connectivity index (χ3v) is 3.36. The van der Waals surface area contributed by atoms with E-state index in [0.717, 1.165) is 19.4 Å². The summed E-state index contributed by atoms with van der Waals surface area (Å²) >= 11 is 0. The lowest BCUT2D eigenvalue weighted by Gasteiger charge is -2.24. The summed E-state index contributed by atoms with van der Waals surface area (Å²) in [6, 6.07) is 0.413. The van der Waals surface area contributed by atoms with Gasteiger partial charge >= 0.3 is 6.03 Å². The average molecular weight is 250 g/mol. The van der Waals surface area contributed by atoms with Gasteiger partial charge in [0.1, 0.15) is 0 Å². The van der Waals surface area contributed by atoms with E-state index in [-0.39, 0.29) is 12.1 Å². The van der Waals surface area contributed by atoms with Crippen molar-refractivity contribution in [2.45, 2.75) is 57.7 Å². The van der Waals surface area contributed by atoms with Crippen molar-refractivity contribution in [1.29, 1.82) is 0 Å². The number of carbonyl (C=O) groups is 1. The van der Waals surface area contributed by atoms with Crippen LogP contribution in [-0.4, -0.2) is 27.7 Å². The molecule has 1 atom stereocenters. The normalized spacial score (nSPS) is 18.3. The van der Waals surface area contributed by atoms with Gasteiger partial charge in [-0.15, -0.1) is 0 Å². The van der Waals surface area contributed by atoms with E-state index in [0.29, 0.717) is 6.04 Å². The number of amides is 2. The van der Waals surface area contributed by atoms with Crippen LogP contribution < -0.4 is 10.6 Å². The number of urea groups is 1. The first-order chi connectivity index (χ1) is 8.74. The van der Waals surface area contributed by atoms with Crippen molar-refractivity contribution < 1.29 is 4.79 Å². The zero-order valence-electron chi connectivity index (χ0n) is 10.9. The van der Waals surface area contributed by atoms with Crippen LogP contribution in [0.25, 0.3) is 0 Å². The van der Waals surface area contributed by atoms with E-state index in [1.54, 1.807) is 12.5 Å². The molecule has 1 fully saturated rings. The van der Waals surface area contributed by atoms with Crippen LogP contribution in [0.1, 0.15) is 39.0 Å². The number of hydrogen-bond acceptors (Lipinski definition) is 2. The summed E-state index contributed by atoms with van der Waals surface area (Å²) in [6.07, 6.45) is 11.4. The Kier molecular flexibility index (Phi) is 4.61. The molecule has 1 aliphatic carbocycles. The quantitative estimate of drug-likeness (QED) is 0.857. The molecule has 0 aliphatic heterocycles. The number of imidazole rings is 1. The molecule has 2 amide bonds. The summed E-state index contributed by atoms with van der Waals surface area (Å²) in [5.74, 6) is 0. The molecule has 1 unspecified atom stereocenters. The minimum atomic E-state index is -0.0467. The van der Waals surface area contributed by atoms with Crippen LogP contribution in [0.5, 0.6) is 0 Å². The molecular formula is C13H22N4O. The van der Waals surface area contributed by atoms with Crippen molar-refractivity contribution in [1.82, 2.24) is 20.2 Å². The first-order valence-corrected chi connectivity index (χ1v) is 6.77. The molecule has 100 valence electrons. The highest BCUT2D eigenvalue weighted by Gasteiger charge is 2.16. The van der Waals surface area contributed by atoms with Crippen LogP contribution in [-0.2, 0) is 6.54 Å². The number of hydrogen-bond donors (Lipinski definition) is 2. The van der Waals surface area contributed by atoms with Gasteiger partial charge in [0.15, 0.2) is 0 Å². The predicted molar refractivity (Wildman–Crippen MR) is 70.2 cm³/mol. The largest absolute Gasteiger partial charge is 0.335 e. The number of rotatable bonds is 4. The molecule has 0 spiro atoms. The standard InChI is InChI=1S/C13H22N4O/c1-11(9-17-8-7-14-10-17)15-13(18)16-12-5-3-2-4-6-12/h7-8,10-12H,2-6,9H2,1H3,(H2,15,16,18). The predicted octanol–water partition coefficient (Wildman–Crippen LogP) is 1.90. The fourth-order valence-corrected chi connectivity index (χ4v) is 2.45. The highest BCUT2D eigenvalue weighted by molar-refractivity contribution is 5.74. The zero-order chi connectivity index (χ0) is 12.8. The van der Waals surface area contributed by atoms with E-state index in [1.165, 1.54) is 19.3 Å². The smallest absolute Gasteiger partial charge is 0.315 e. The Morgan fingerprint density at radius 1 is 1.44 bits per heavy atom. The Bertz CT molecular complexity index is 357. The molecule has 2 N–H and O–H groups in total. The van der Waals surface area contributed by atoms with Gasteiger partial charge in [-0.1, -0.05) is 19.3 Å². The molecule has 0 bridgehead atoms. The van der Waals surface area contributed by atoms with Crippen molar-refractivity contribution in [3.05, 3.63) is 18.7 Å². The highest BCUT2D eigenvalue weighted by atomic mass is 16.2. The Balaban J connectivity index is 1.69. The van der Waals surface area contributed by atoms with Gasteiger partial charge in [-0.2, -0.15) is 0 Å². The minimum absolute atomic E-state index is 0.0467. The maximum atomic E-state index is 11.8. The molecule has 1 aromatic rings. The molecule has 5 heteroatoms. The van der Waals surface area contributed by atoms with Gasteiger partial charge in [-0.3, -0.25) is 0 Å². The van der Waals surface area contributed by atoms with Crippen LogP contribution >= 0.6 is 0 Å². The van der Waals surface area contributed by atoms with E-state index >= 15 is 0 Å². The van der Waals surface area contributed by atoms with E-state index in [9.17, 15) is 4.79 Å². The Morgan fingerprint density at radius 2 is 2.22 bits per heavy atom. The van der Waals surface area contributed by atoms with Crippen LogP contribution in [0.2, 0.25) is 0 Å². The van der Waals surface area contributed by atoms with Gasteiger partial charge in [0.2, 0.25) is 0 Å². The summed E-state index contributed by atoms with van der Waals surface area (Å²) in [6.45, 7) is 2.75. The van der Waals surface area contributed by atoms with Gasteiger partial charge in [0.05, 0.1) is 6.33 Å². The van der Waals surface area contributed by atoms with Gasteiger partial charge in [0, 0.05) is 31.0 Å². The lowest BCUT2D eigenvalue weighted by Crippen LogP contribution is -2.47. The Morgan fingerprint density at radius 3 is 2.89 bits per heavy atom. The molecule has 18 heavy (non-hydrogen) atoms. The lowest BCUT2D eigenvalue weighted by atomic mass is 9.96. The number of nitrogens with zero attached hydrogens (tertiary/aromatic N) is 2. The van der Waals surface area contributed by atoms with E-state index in [1.807, 2.05) is 17.7 Å². The zero-order valence-corrected chi connectivity index (χ0v) is 10.9. The van der Waals surface area contributed by atoms with E-state index in [4.69, 9.17) is 0 Å². The van der Waals surface area contributed by atoms with E-state index in [2.05, 4.69) is 15.6 Å². The molecule has 0 saturated heterocycles. The van der Waals surface area contributed by atoms with Gasteiger partial charge in [-0.05, 0) is 19.8 Å². The van der Waals surface area contributed by atoms with Crippen molar-refractivity contribution in [2.75, 3.05) is 0 Å². The minimum Gasteiger partial charge on any atom is -0.335 e. The topological polar surface area (TPSA) is 59.0 Å². The summed E-state index contributed by atoms with van der Waals surface area (Å²) < 4.78 is 1.96. The average Bonchev–Trinajstić information content (AvgIpc) is 2.82. The Hall–Kier alpha value is -1.52. The number of aromatic nitrogens is 2. The highest BCUT2D eigenvalue weighted by Crippen LogP contribution is 2.17. The van der Waals surface area contributed by atoms with Crippen molar-refractivity contribution in [3.63, 3.8) is 0 Å². The second-order valence-corrected chi connectivity index (χ2v) is 5.11. The summed E-state index contributed by atoms with van der Waals surface area (Å²) in [5, 5.41) is 6.02. The van der Waals surface area contributed by atoms with Crippen molar-refractivity contribution >= 4 is 6.03 Å². The fraction of sp³-hybridized carbons (Fsp3) is 0.692. The fourth-order valence-electron chi connectivity index (χ4n) is 2.45. The molecule has 1 aromatic heterocycles. The third kappa shape index (κ3) is 4.05. The van der Waals surface area contributed by atoms with E-state index < -0.39 is 0 Å². The second kappa shape index (κ2) is 6.42. The van der Waals surface area contributed by atoms with Crippen molar-refractivity contribution in [2.24, 2.45) is 0 Å². The third-order valence-electron chi connectivity index (χ3n) is 3.36. The maximum absolute atomic E-state index is 11.8.